The maximum atomic E-state index is 12.7. The quantitative estimate of drug-likeness (QED) is 0.222. The van der Waals surface area contributed by atoms with E-state index in [0.717, 1.165) is 16.9 Å². The van der Waals surface area contributed by atoms with Crippen molar-refractivity contribution in [1.82, 2.24) is 4.90 Å². The number of ether oxygens (including phenoxy) is 3. The number of hydrogen-bond acceptors (Lipinski definition) is 7. The van der Waals surface area contributed by atoms with Crippen LogP contribution < -0.4 is 14.2 Å². The minimum Gasteiger partial charge on any atom is -0.497 e. The molecule has 2 aromatic rings. The number of esters is 1. The number of thioether (sulfide) groups is 1. The van der Waals surface area contributed by atoms with Gasteiger partial charge in [-0.1, -0.05) is 56.0 Å². The molecule has 1 amide bonds. The molecule has 0 bridgehead atoms. The second-order valence-electron chi connectivity index (χ2n) is 7.62. The van der Waals surface area contributed by atoms with Gasteiger partial charge >= 0.3 is 5.97 Å². The zero-order valence-corrected chi connectivity index (χ0v) is 20.5. The normalized spacial score (nSPS) is 15.1. The van der Waals surface area contributed by atoms with Crippen LogP contribution in [0.25, 0.3) is 12.2 Å². The van der Waals surface area contributed by atoms with Gasteiger partial charge in [-0.05, 0) is 53.5 Å². The topological polar surface area (TPSA) is 65.1 Å². The minimum absolute atomic E-state index is 0.100. The fourth-order valence-electron chi connectivity index (χ4n) is 3.05. The number of carbonyl (C=O) groups is 2. The Morgan fingerprint density at radius 2 is 1.76 bits per heavy atom. The highest BCUT2D eigenvalue weighted by Crippen LogP contribution is 2.35. The van der Waals surface area contributed by atoms with Crippen LogP contribution in [0.1, 0.15) is 25.0 Å². The van der Waals surface area contributed by atoms with Crippen molar-refractivity contribution in [3.05, 3.63) is 64.6 Å². The number of carbonyl (C=O) groups excluding carboxylic acids is 2. The van der Waals surface area contributed by atoms with Crippen LogP contribution in [0.5, 0.6) is 17.2 Å². The summed E-state index contributed by atoms with van der Waals surface area (Å²) >= 11 is 6.63. The van der Waals surface area contributed by atoms with Gasteiger partial charge in [0.15, 0.2) is 11.5 Å². The third-order valence-corrected chi connectivity index (χ3v) is 6.02. The molecular formula is C25H25NO5S2. The number of nitrogens with zero attached hydrogens (tertiary/aromatic N) is 1. The number of thiocarbonyl (C=S) groups is 1. The van der Waals surface area contributed by atoms with Crippen molar-refractivity contribution in [3.8, 4) is 17.2 Å². The van der Waals surface area contributed by atoms with Gasteiger partial charge in [-0.25, -0.2) is 4.79 Å². The van der Waals surface area contributed by atoms with Gasteiger partial charge in [0.05, 0.1) is 19.1 Å². The van der Waals surface area contributed by atoms with E-state index < -0.39 is 5.97 Å². The molecule has 8 heteroatoms. The molecule has 1 aliphatic heterocycles. The maximum Gasteiger partial charge on any atom is 0.336 e. The lowest BCUT2D eigenvalue weighted by molar-refractivity contribution is -0.129. The highest BCUT2D eigenvalue weighted by molar-refractivity contribution is 8.26. The number of rotatable bonds is 8. The van der Waals surface area contributed by atoms with Gasteiger partial charge in [0.25, 0.3) is 5.91 Å². The van der Waals surface area contributed by atoms with Crippen LogP contribution >= 0.6 is 24.0 Å². The lowest BCUT2D eigenvalue weighted by Crippen LogP contribution is -2.31. The van der Waals surface area contributed by atoms with E-state index in [4.69, 9.17) is 26.4 Å². The highest BCUT2D eigenvalue weighted by Gasteiger charge is 2.32. The third-order valence-electron chi connectivity index (χ3n) is 4.64. The molecule has 0 atom stereocenters. The molecule has 0 spiro atoms. The van der Waals surface area contributed by atoms with Crippen LogP contribution in [0.2, 0.25) is 0 Å². The summed E-state index contributed by atoms with van der Waals surface area (Å²) in [6.07, 6.45) is 4.76. The second kappa shape index (κ2) is 11.2. The summed E-state index contributed by atoms with van der Waals surface area (Å²) in [5.74, 6) is 1.09. The number of amides is 1. The number of methoxy groups -OCH3 is 2. The van der Waals surface area contributed by atoms with Crippen LogP contribution in [0.4, 0.5) is 0 Å². The van der Waals surface area contributed by atoms with E-state index in [1.807, 2.05) is 38.1 Å². The van der Waals surface area contributed by atoms with E-state index in [2.05, 4.69) is 0 Å². The van der Waals surface area contributed by atoms with Crippen molar-refractivity contribution in [2.75, 3.05) is 20.8 Å². The lowest BCUT2D eigenvalue weighted by atomic mass is 10.1. The van der Waals surface area contributed by atoms with Gasteiger partial charge in [0, 0.05) is 12.6 Å². The van der Waals surface area contributed by atoms with Crippen molar-refractivity contribution < 1.29 is 23.8 Å². The second-order valence-corrected chi connectivity index (χ2v) is 9.30. The summed E-state index contributed by atoms with van der Waals surface area (Å²) < 4.78 is 16.5. The third kappa shape index (κ3) is 6.46. The Morgan fingerprint density at radius 1 is 1.06 bits per heavy atom. The first kappa shape index (κ1) is 24.5. The van der Waals surface area contributed by atoms with Crippen LogP contribution in [-0.4, -0.2) is 41.9 Å². The van der Waals surface area contributed by atoms with Crippen molar-refractivity contribution in [2.24, 2.45) is 5.92 Å². The summed E-state index contributed by atoms with van der Waals surface area (Å²) in [5, 5.41) is 0. The summed E-state index contributed by atoms with van der Waals surface area (Å²) in [6.45, 7) is 4.67. The van der Waals surface area contributed by atoms with E-state index in [1.165, 1.54) is 24.9 Å². The zero-order valence-electron chi connectivity index (χ0n) is 18.9. The molecule has 0 N–H and O–H groups in total. The van der Waals surface area contributed by atoms with E-state index in [1.54, 1.807) is 42.4 Å². The van der Waals surface area contributed by atoms with E-state index >= 15 is 0 Å². The fourth-order valence-corrected chi connectivity index (χ4v) is 4.33. The monoisotopic (exact) mass is 483 g/mol. The Labute approximate surface area is 203 Å². The average Bonchev–Trinajstić information content (AvgIpc) is 3.05. The molecule has 33 heavy (non-hydrogen) atoms. The molecule has 1 fully saturated rings. The van der Waals surface area contributed by atoms with Crippen molar-refractivity contribution in [2.45, 2.75) is 13.8 Å². The smallest absolute Gasteiger partial charge is 0.336 e. The van der Waals surface area contributed by atoms with Gasteiger partial charge in [0.2, 0.25) is 0 Å². The Hall–Kier alpha value is -3.10. The predicted octanol–water partition coefficient (Wildman–Crippen LogP) is 5.18. The van der Waals surface area contributed by atoms with Crippen LogP contribution in [0.3, 0.4) is 0 Å². The van der Waals surface area contributed by atoms with Gasteiger partial charge in [-0.3, -0.25) is 9.69 Å². The molecule has 1 saturated heterocycles. The molecule has 1 heterocycles. The first-order chi connectivity index (χ1) is 15.8. The van der Waals surface area contributed by atoms with Crippen molar-refractivity contribution >= 4 is 52.3 Å². The first-order valence-electron chi connectivity index (χ1n) is 10.3. The van der Waals surface area contributed by atoms with E-state index in [-0.39, 0.29) is 11.7 Å². The highest BCUT2D eigenvalue weighted by atomic mass is 32.2. The van der Waals surface area contributed by atoms with Crippen LogP contribution in [0, 0.1) is 5.92 Å². The largest absolute Gasteiger partial charge is 0.497 e. The Balaban J connectivity index is 1.71. The standard InChI is InChI=1S/C25H25NO5S2/c1-16(2)15-26-24(28)22(33-25(26)32)14-18-7-11-20(21(13-18)30-4)31-23(27)12-8-17-5-9-19(29-3)10-6-17/h5-14,16H,15H2,1-4H3. The molecule has 6 nitrogen and oxygen atoms in total. The minimum atomic E-state index is -0.536. The Bertz CT molecular complexity index is 1110. The molecule has 0 aromatic heterocycles. The van der Waals surface area contributed by atoms with Crippen LogP contribution in [0.15, 0.2) is 53.4 Å². The van der Waals surface area contributed by atoms with E-state index in [0.29, 0.717) is 27.4 Å². The molecule has 0 aliphatic carbocycles. The lowest BCUT2D eigenvalue weighted by Gasteiger charge is -2.16. The van der Waals surface area contributed by atoms with E-state index in [9.17, 15) is 9.59 Å². The molecule has 0 saturated carbocycles. The molecule has 3 rings (SSSR count). The molecule has 0 unspecified atom stereocenters. The van der Waals surface area contributed by atoms with Gasteiger partial charge in [-0.15, -0.1) is 0 Å². The van der Waals surface area contributed by atoms with Crippen molar-refractivity contribution in [1.29, 1.82) is 0 Å². The maximum absolute atomic E-state index is 12.7. The predicted molar refractivity (Wildman–Crippen MR) is 135 cm³/mol. The van der Waals surface area contributed by atoms with Crippen LogP contribution in [-0.2, 0) is 9.59 Å². The molecule has 2 aromatic carbocycles. The zero-order chi connectivity index (χ0) is 24.0. The number of benzene rings is 2. The number of hydrogen-bond donors (Lipinski definition) is 0. The Kier molecular flexibility index (Phi) is 8.30. The summed E-state index contributed by atoms with van der Waals surface area (Å²) in [5.41, 5.74) is 1.58. The summed E-state index contributed by atoms with van der Waals surface area (Å²) in [4.78, 5) is 27.1. The average molecular weight is 484 g/mol. The molecular weight excluding hydrogens is 458 g/mol. The SMILES string of the molecule is COc1ccc(C=CC(=O)Oc2ccc(C=C3SC(=S)N(CC(C)C)C3=O)cc2OC)cc1. The van der Waals surface area contributed by atoms with Crippen molar-refractivity contribution in [3.63, 3.8) is 0 Å². The Morgan fingerprint density at radius 3 is 2.39 bits per heavy atom. The van der Waals surface area contributed by atoms with Gasteiger partial charge < -0.3 is 14.2 Å². The molecule has 172 valence electrons. The fraction of sp³-hybridized carbons (Fsp3) is 0.240. The summed E-state index contributed by atoms with van der Waals surface area (Å²) in [6, 6.07) is 12.4. The molecule has 0 radical (unpaired) electrons. The summed E-state index contributed by atoms with van der Waals surface area (Å²) in [7, 11) is 3.09. The van der Waals surface area contributed by atoms with Gasteiger partial charge in [-0.2, -0.15) is 0 Å². The first-order valence-corrected chi connectivity index (χ1v) is 11.5. The van der Waals surface area contributed by atoms with Gasteiger partial charge in [0.1, 0.15) is 10.1 Å². The molecule has 1 aliphatic rings.